The van der Waals surface area contributed by atoms with Crippen LogP contribution in [-0.2, 0) is 13.6 Å². The fraction of sp³-hybridized carbons (Fsp3) is 0.600. The van der Waals surface area contributed by atoms with Crippen LogP contribution >= 0.6 is 11.8 Å². The Kier molecular flexibility index (Phi) is 3.00. The van der Waals surface area contributed by atoms with Gasteiger partial charge in [0.25, 0.3) is 0 Å². The lowest BCUT2D eigenvalue weighted by molar-refractivity contribution is 0.737. The van der Waals surface area contributed by atoms with Gasteiger partial charge in [0.15, 0.2) is 5.17 Å². The van der Waals surface area contributed by atoms with E-state index in [2.05, 4.69) is 29.3 Å². The summed E-state index contributed by atoms with van der Waals surface area (Å²) in [6, 6.07) is 0.545. The van der Waals surface area contributed by atoms with Crippen LogP contribution in [-0.4, -0.2) is 26.7 Å². The normalized spacial score (nSPS) is 23.4. The molecule has 82 valence electrons. The number of rotatable bonds is 2. The molecule has 2 rings (SSSR count). The SMILES string of the molecule is Cc1c(CN=C2NC(C)CS2)cnn1C. The molecule has 5 heteroatoms. The highest BCUT2D eigenvalue weighted by Crippen LogP contribution is 2.15. The van der Waals surface area contributed by atoms with Gasteiger partial charge in [0.05, 0.1) is 12.7 Å². The van der Waals surface area contributed by atoms with Crippen LogP contribution in [0.2, 0.25) is 0 Å². The molecule has 1 saturated heterocycles. The molecule has 1 N–H and O–H groups in total. The fourth-order valence-electron chi connectivity index (χ4n) is 1.45. The minimum Gasteiger partial charge on any atom is -0.362 e. The first-order valence-electron chi connectivity index (χ1n) is 5.08. The van der Waals surface area contributed by atoms with Gasteiger partial charge in [-0.15, -0.1) is 0 Å². The third kappa shape index (κ3) is 2.34. The van der Waals surface area contributed by atoms with Gasteiger partial charge < -0.3 is 5.32 Å². The molecular weight excluding hydrogens is 208 g/mol. The molecule has 1 unspecified atom stereocenters. The van der Waals surface area contributed by atoms with Gasteiger partial charge in [-0.2, -0.15) is 5.10 Å². The van der Waals surface area contributed by atoms with E-state index in [9.17, 15) is 0 Å². The van der Waals surface area contributed by atoms with Crippen LogP contribution in [0, 0.1) is 6.92 Å². The van der Waals surface area contributed by atoms with Crippen LogP contribution in [0.15, 0.2) is 11.2 Å². The summed E-state index contributed by atoms with van der Waals surface area (Å²) in [6.07, 6.45) is 1.89. The molecule has 0 amide bonds. The second kappa shape index (κ2) is 4.26. The molecule has 1 aromatic heterocycles. The van der Waals surface area contributed by atoms with E-state index in [-0.39, 0.29) is 0 Å². The summed E-state index contributed by atoms with van der Waals surface area (Å²) in [7, 11) is 1.95. The summed E-state index contributed by atoms with van der Waals surface area (Å²) in [5.74, 6) is 1.12. The second-order valence-corrected chi connectivity index (χ2v) is 4.87. The number of aryl methyl sites for hydroxylation is 1. The molecule has 1 fully saturated rings. The van der Waals surface area contributed by atoms with Crippen LogP contribution in [0.3, 0.4) is 0 Å². The highest BCUT2D eigenvalue weighted by atomic mass is 32.2. The van der Waals surface area contributed by atoms with Crippen molar-refractivity contribution in [2.45, 2.75) is 26.4 Å². The van der Waals surface area contributed by atoms with Gasteiger partial charge in [-0.25, -0.2) is 0 Å². The molecule has 0 aromatic carbocycles. The van der Waals surface area contributed by atoms with E-state index in [1.54, 1.807) is 11.8 Å². The van der Waals surface area contributed by atoms with Gasteiger partial charge in [0, 0.05) is 30.1 Å². The summed E-state index contributed by atoms with van der Waals surface area (Å²) in [6.45, 7) is 4.97. The van der Waals surface area contributed by atoms with Crippen molar-refractivity contribution in [1.29, 1.82) is 0 Å². The number of amidine groups is 1. The average molecular weight is 224 g/mol. The zero-order valence-corrected chi connectivity index (χ0v) is 10.1. The molecule has 1 aliphatic heterocycles. The predicted octanol–water partition coefficient (Wildman–Crippen LogP) is 1.31. The minimum absolute atomic E-state index is 0.545. The van der Waals surface area contributed by atoms with E-state index >= 15 is 0 Å². The van der Waals surface area contributed by atoms with Crippen molar-refractivity contribution < 1.29 is 0 Å². The summed E-state index contributed by atoms with van der Waals surface area (Å²) in [5, 5.41) is 8.59. The van der Waals surface area contributed by atoms with Crippen LogP contribution in [0.25, 0.3) is 0 Å². The van der Waals surface area contributed by atoms with Crippen molar-refractivity contribution in [2.75, 3.05) is 5.75 Å². The maximum absolute atomic E-state index is 4.53. The number of hydrogen-bond donors (Lipinski definition) is 1. The number of thioether (sulfide) groups is 1. The van der Waals surface area contributed by atoms with E-state index < -0.39 is 0 Å². The number of hydrogen-bond acceptors (Lipinski definition) is 3. The topological polar surface area (TPSA) is 42.2 Å². The Balaban J connectivity index is 2.01. The third-order valence-corrected chi connectivity index (χ3v) is 3.76. The minimum atomic E-state index is 0.545. The molecule has 4 nitrogen and oxygen atoms in total. The van der Waals surface area contributed by atoms with Crippen molar-refractivity contribution in [2.24, 2.45) is 12.0 Å². The van der Waals surface area contributed by atoms with E-state index in [0.717, 1.165) is 17.5 Å². The van der Waals surface area contributed by atoms with Gasteiger partial charge in [-0.1, -0.05) is 11.8 Å². The average Bonchev–Trinajstić information content (AvgIpc) is 2.74. The zero-order valence-electron chi connectivity index (χ0n) is 9.32. The summed E-state index contributed by atoms with van der Waals surface area (Å²) < 4.78 is 1.88. The quantitative estimate of drug-likeness (QED) is 0.823. The molecule has 1 aliphatic rings. The number of aromatic nitrogens is 2. The van der Waals surface area contributed by atoms with E-state index in [1.165, 1.54) is 11.3 Å². The first kappa shape index (κ1) is 10.5. The van der Waals surface area contributed by atoms with Gasteiger partial charge in [0.1, 0.15) is 0 Å². The Hall–Kier alpha value is -0.970. The maximum atomic E-state index is 4.53. The van der Waals surface area contributed by atoms with Crippen LogP contribution < -0.4 is 5.32 Å². The van der Waals surface area contributed by atoms with Crippen molar-refractivity contribution in [3.05, 3.63) is 17.5 Å². The summed E-state index contributed by atoms with van der Waals surface area (Å²) >= 11 is 1.79. The number of nitrogens with zero attached hydrogens (tertiary/aromatic N) is 3. The molecule has 1 aromatic rings. The molecule has 15 heavy (non-hydrogen) atoms. The van der Waals surface area contributed by atoms with Gasteiger partial charge >= 0.3 is 0 Å². The molecule has 2 heterocycles. The molecular formula is C10H16N4S. The van der Waals surface area contributed by atoms with Gasteiger partial charge in [0.2, 0.25) is 0 Å². The van der Waals surface area contributed by atoms with Gasteiger partial charge in [-0.3, -0.25) is 9.67 Å². The second-order valence-electron chi connectivity index (χ2n) is 3.86. The third-order valence-electron chi connectivity index (χ3n) is 2.57. The van der Waals surface area contributed by atoms with E-state index in [0.29, 0.717) is 6.04 Å². The van der Waals surface area contributed by atoms with Crippen molar-refractivity contribution in [3.8, 4) is 0 Å². The van der Waals surface area contributed by atoms with E-state index in [4.69, 9.17) is 0 Å². The molecule has 0 bridgehead atoms. The standard InChI is InChI=1S/C10H16N4S/c1-7-6-15-10(13-7)11-4-9-5-12-14(3)8(9)2/h5,7H,4,6H2,1-3H3,(H,11,13). The number of nitrogens with one attached hydrogen (secondary N) is 1. The molecule has 0 radical (unpaired) electrons. The molecule has 0 saturated carbocycles. The lowest BCUT2D eigenvalue weighted by Gasteiger charge is -2.01. The highest BCUT2D eigenvalue weighted by Gasteiger charge is 2.15. The lowest BCUT2D eigenvalue weighted by Crippen LogP contribution is -2.23. The Bertz CT molecular complexity index is 383. The molecule has 0 spiro atoms. The Morgan fingerprint density at radius 3 is 3.07 bits per heavy atom. The van der Waals surface area contributed by atoms with E-state index in [1.807, 2.05) is 17.9 Å². The van der Waals surface area contributed by atoms with Gasteiger partial charge in [-0.05, 0) is 13.8 Å². The Morgan fingerprint density at radius 2 is 2.53 bits per heavy atom. The highest BCUT2D eigenvalue weighted by molar-refractivity contribution is 8.14. The van der Waals surface area contributed by atoms with Crippen molar-refractivity contribution in [3.63, 3.8) is 0 Å². The fourth-order valence-corrected chi connectivity index (χ4v) is 2.38. The van der Waals surface area contributed by atoms with Crippen molar-refractivity contribution >= 4 is 16.9 Å². The largest absolute Gasteiger partial charge is 0.362 e. The van der Waals surface area contributed by atoms with Crippen LogP contribution in [0.1, 0.15) is 18.2 Å². The smallest absolute Gasteiger partial charge is 0.157 e. The lowest BCUT2D eigenvalue weighted by atomic mass is 10.3. The number of aliphatic imine (C=N–C) groups is 1. The van der Waals surface area contributed by atoms with Crippen LogP contribution in [0.4, 0.5) is 0 Å². The zero-order chi connectivity index (χ0) is 10.8. The first-order chi connectivity index (χ1) is 7.16. The monoisotopic (exact) mass is 224 g/mol. The molecule has 1 atom stereocenters. The Labute approximate surface area is 94.2 Å². The van der Waals surface area contributed by atoms with Crippen LogP contribution in [0.5, 0.6) is 0 Å². The van der Waals surface area contributed by atoms with Crippen molar-refractivity contribution in [1.82, 2.24) is 15.1 Å². The Morgan fingerprint density at radius 1 is 1.73 bits per heavy atom. The molecule has 0 aliphatic carbocycles. The maximum Gasteiger partial charge on any atom is 0.157 e. The first-order valence-corrected chi connectivity index (χ1v) is 6.06. The summed E-state index contributed by atoms with van der Waals surface area (Å²) in [4.78, 5) is 4.53. The predicted molar refractivity (Wildman–Crippen MR) is 64.1 cm³/mol. The summed E-state index contributed by atoms with van der Waals surface area (Å²) in [5.41, 5.74) is 2.39.